The van der Waals surface area contributed by atoms with E-state index in [9.17, 15) is 0 Å². The van der Waals surface area contributed by atoms with Crippen LogP contribution in [0.5, 0.6) is 5.75 Å². The van der Waals surface area contributed by atoms with Gasteiger partial charge >= 0.3 is 0 Å². The standard InChI is InChI=1S/C15H25NO2/c1-5-13(3)18-15-12(2)7-6-8-14(15)11-16-9-10-17-4/h6-8,13,16H,5,9-11H2,1-4H3. The number of hydrogen-bond acceptors (Lipinski definition) is 3. The first-order valence-corrected chi connectivity index (χ1v) is 6.63. The first-order chi connectivity index (χ1) is 8.69. The Morgan fingerprint density at radius 2 is 2.11 bits per heavy atom. The molecular weight excluding hydrogens is 226 g/mol. The number of rotatable bonds is 8. The molecule has 1 aromatic rings. The van der Waals surface area contributed by atoms with Gasteiger partial charge in [-0.15, -0.1) is 0 Å². The molecule has 0 aliphatic heterocycles. The lowest BCUT2D eigenvalue weighted by Crippen LogP contribution is -2.20. The lowest BCUT2D eigenvalue weighted by atomic mass is 10.1. The quantitative estimate of drug-likeness (QED) is 0.721. The van der Waals surface area contributed by atoms with Crippen LogP contribution >= 0.6 is 0 Å². The maximum Gasteiger partial charge on any atom is 0.127 e. The summed E-state index contributed by atoms with van der Waals surface area (Å²) < 4.78 is 11.0. The van der Waals surface area contributed by atoms with Crippen molar-refractivity contribution < 1.29 is 9.47 Å². The average Bonchev–Trinajstić information content (AvgIpc) is 2.38. The van der Waals surface area contributed by atoms with Crippen molar-refractivity contribution in [3.63, 3.8) is 0 Å². The third-order valence-corrected chi connectivity index (χ3v) is 2.99. The average molecular weight is 251 g/mol. The summed E-state index contributed by atoms with van der Waals surface area (Å²) in [6, 6.07) is 6.28. The predicted molar refractivity (Wildman–Crippen MR) is 75.1 cm³/mol. The van der Waals surface area contributed by atoms with E-state index in [1.807, 2.05) is 0 Å². The van der Waals surface area contributed by atoms with E-state index in [4.69, 9.17) is 9.47 Å². The van der Waals surface area contributed by atoms with Crippen LogP contribution in [0.2, 0.25) is 0 Å². The molecule has 0 heterocycles. The fourth-order valence-corrected chi connectivity index (χ4v) is 1.70. The fourth-order valence-electron chi connectivity index (χ4n) is 1.70. The monoisotopic (exact) mass is 251 g/mol. The maximum atomic E-state index is 6.01. The van der Waals surface area contributed by atoms with E-state index in [0.29, 0.717) is 0 Å². The van der Waals surface area contributed by atoms with Gasteiger partial charge in [-0.25, -0.2) is 0 Å². The first-order valence-electron chi connectivity index (χ1n) is 6.63. The van der Waals surface area contributed by atoms with E-state index in [1.165, 1.54) is 11.1 Å². The van der Waals surface area contributed by atoms with Crippen LogP contribution in [0.1, 0.15) is 31.4 Å². The Kier molecular flexibility index (Phi) is 6.76. The lowest BCUT2D eigenvalue weighted by molar-refractivity contribution is 0.197. The van der Waals surface area contributed by atoms with Crippen molar-refractivity contribution in [1.82, 2.24) is 5.32 Å². The molecule has 1 unspecified atom stereocenters. The van der Waals surface area contributed by atoms with Gasteiger partial charge in [0, 0.05) is 25.8 Å². The van der Waals surface area contributed by atoms with Crippen LogP contribution in [0.4, 0.5) is 0 Å². The molecule has 18 heavy (non-hydrogen) atoms. The van der Waals surface area contributed by atoms with E-state index in [-0.39, 0.29) is 6.10 Å². The van der Waals surface area contributed by atoms with Gasteiger partial charge in [0.05, 0.1) is 12.7 Å². The predicted octanol–water partition coefficient (Wildman–Crippen LogP) is 2.91. The van der Waals surface area contributed by atoms with E-state index in [2.05, 4.69) is 44.3 Å². The van der Waals surface area contributed by atoms with Gasteiger partial charge in [-0.1, -0.05) is 25.1 Å². The number of nitrogens with one attached hydrogen (secondary N) is 1. The summed E-state index contributed by atoms with van der Waals surface area (Å²) >= 11 is 0. The molecule has 3 nitrogen and oxygen atoms in total. The van der Waals surface area contributed by atoms with Crippen molar-refractivity contribution in [3.8, 4) is 5.75 Å². The van der Waals surface area contributed by atoms with E-state index in [0.717, 1.165) is 31.9 Å². The summed E-state index contributed by atoms with van der Waals surface area (Å²) in [4.78, 5) is 0. The van der Waals surface area contributed by atoms with Gasteiger partial charge in [0.15, 0.2) is 0 Å². The van der Waals surface area contributed by atoms with Crippen molar-refractivity contribution in [2.24, 2.45) is 0 Å². The maximum absolute atomic E-state index is 6.01. The Hall–Kier alpha value is -1.06. The van der Waals surface area contributed by atoms with E-state index >= 15 is 0 Å². The largest absolute Gasteiger partial charge is 0.490 e. The Morgan fingerprint density at radius 1 is 1.33 bits per heavy atom. The number of hydrogen-bond donors (Lipinski definition) is 1. The second-order valence-corrected chi connectivity index (χ2v) is 4.57. The van der Waals surface area contributed by atoms with Crippen molar-refractivity contribution in [2.45, 2.75) is 39.8 Å². The Morgan fingerprint density at radius 3 is 2.78 bits per heavy atom. The zero-order valence-electron chi connectivity index (χ0n) is 12.0. The summed E-state index contributed by atoms with van der Waals surface area (Å²) in [5.41, 5.74) is 2.41. The number of para-hydroxylation sites is 1. The highest BCUT2D eigenvalue weighted by molar-refractivity contribution is 5.40. The van der Waals surface area contributed by atoms with Gasteiger partial charge in [-0.3, -0.25) is 0 Å². The summed E-state index contributed by atoms with van der Waals surface area (Å²) in [5.74, 6) is 1.02. The normalized spacial score (nSPS) is 12.4. The number of ether oxygens (including phenoxy) is 2. The minimum Gasteiger partial charge on any atom is -0.490 e. The topological polar surface area (TPSA) is 30.5 Å². The van der Waals surface area contributed by atoms with E-state index in [1.54, 1.807) is 7.11 Å². The van der Waals surface area contributed by atoms with Crippen LogP contribution in [0.25, 0.3) is 0 Å². The third-order valence-electron chi connectivity index (χ3n) is 2.99. The summed E-state index contributed by atoms with van der Waals surface area (Å²) in [6.07, 6.45) is 1.27. The second-order valence-electron chi connectivity index (χ2n) is 4.57. The highest BCUT2D eigenvalue weighted by Gasteiger charge is 2.09. The van der Waals surface area contributed by atoms with Crippen molar-refractivity contribution in [3.05, 3.63) is 29.3 Å². The van der Waals surface area contributed by atoms with Gasteiger partial charge in [-0.05, 0) is 25.8 Å². The van der Waals surface area contributed by atoms with Gasteiger partial charge < -0.3 is 14.8 Å². The SMILES string of the molecule is CCC(C)Oc1c(C)cccc1CNCCOC. The second kappa shape index (κ2) is 8.11. The van der Waals surface area contributed by atoms with Crippen LogP contribution in [-0.2, 0) is 11.3 Å². The molecule has 1 atom stereocenters. The fraction of sp³-hybridized carbons (Fsp3) is 0.600. The molecule has 0 aliphatic carbocycles. The molecule has 0 aromatic heterocycles. The molecule has 0 saturated carbocycles. The molecule has 0 amide bonds. The summed E-state index contributed by atoms with van der Waals surface area (Å²) in [7, 11) is 1.71. The number of aryl methyl sites for hydroxylation is 1. The number of benzene rings is 1. The first kappa shape index (κ1) is 15.0. The van der Waals surface area contributed by atoms with Crippen LogP contribution in [0.3, 0.4) is 0 Å². The minimum absolute atomic E-state index is 0.254. The van der Waals surface area contributed by atoms with Crippen molar-refractivity contribution >= 4 is 0 Å². The van der Waals surface area contributed by atoms with Gasteiger partial charge in [0.2, 0.25) is 0 Å². The summed E-state index contributed by atoms with van der Waals surface area (Å²) in [6.45, 7) is 8.74. The van der Waals surface area contributed by atoms with Crippen LogP contribution in [0.15, 0.2) is 18.2 Å². The van der Waals surface area contributed by atoms with Crippen molar-refractivity contribution in [1.29, 1.82) is 0 Å². The Balaban J connectivity index is 2.67. The third kappa shape index (κ3) is 4.67. The molecule has 1 N–H and O–H groups in total. The van der Waals surface area contributed by atoms with Crippen LogP contribution in [-0.4, -0.2) is 26.4 Å². The highest BCUT2D eigenvalue weighted by atomic mass is 16.5. The van der Waals surface area contributed by atoms with Gasteiger partial charge in [0.1, 0.15) is 5.75 Å². The smallest absolute Gasteiger partial charge is 0.127 e. The molecule has 3 heteroatoms. The van der Waals surface area contributed by atoms with E-state index < -0.39 is 0 Å². The van der Waals surface area contributed by atoms with Gasteiger partial charge in [0.25, 0.3) is 0 Å². The molecule has 0 fully saturated rings. The Labute approximate surface area is 110 Å². The molecule has 0 radical (unpaired) electrons. The lowest BCUT2D eigenvalue weighted by Gasteiger charge is -2.18. The molecule has 1 rings (SSSR count). The van der Waals surface area contributed by atoms with Crippen molar-refractivity contribution in [2.75, 3.05) is 20.3 Å². The molecule has 0 spiro atoms. The van der Waals surface area contributed by atoms with Crippen LogP contribution in [0, 0.1) is 6.92 Å². The zero-order chi connectivity index (χ0) is 13.4. The number of methoxy groups -OCH3 is 1. The highest BCUT2D eigenvalue weighted by Crippen LogP contribution is 2.25. The molecular formula is C15H25NO2. The molecule has 1 aromatic carbocycles. The molecule has 0 aliphatic rings. The van der Waals surface area contributed by atoms with Gasteiger partial charge in [-0.2, -0.15) is 0 Å². The van der Waals surface area contributed by atoms with Crippen LogP contribution < -0.4 is 10.1 Å². The Bertz CT molecular complexity index is 352. The zero-order valence-corrected chi connectivity index (χ0v) is 12.0. The summed E-state index contributed by atoms with van der Waals surface area (Å²) in [5, 5.41) is 3.36. The minimum atomic E-state index is 0.254. The molecule has 0 bridgehead atoms. The molecule has 102 valence electrons. The molecule has 0 saturated heterocycles.